The van der Waals surface area contributed by atoms with E-state index in [4.69, 9.17) is 0 Å². The van der Waals surface area contributed by atoms with Crippen molar-refractivity contribution in [3.8, 4) is 0 Å². The quantitative estimate of drug-likeness (QED) is 0.586. The van der Waals surface area contributed by atoms with Crippen LogP contribution in [0.15, 0.2) is 0 Å². The largest absolute Gasteiger partial charge is 0.313 e. The monoisotopic (exact) mass is 190 g/mol. The van der Waals surface area contributed by atoms with Crippen LogP contribution in [0.3, 0.4) is 0 Å². The Morgan fingerprint density at radius 3 is 2.62 bits per heavy atom. The fourth-order valence-corrected chi connectivity index (χ4v) is 1.31. The first kappa shape index (κ1) is 12.8. The van der Waals surface area contributed by atoms with Crippen LogP contribution in [0.1, 0.15) is 26.7 Å². The van der Waals surface area contributed by atoms with Gasteiger partial charge in [-0.05, 0) is 20.4 Å². The lowest BCUT2D eigenvalue weighted by Gasteiger charge is -2.24. The molecule has 1 atom stereocenters. The highest BCUT2D eigenvalue weighted by atomic mass is 19.1. The van der Waals surface area contributed by atoms with E-state index in [0.717, 1.165) is 13.1 Å². The number of likely N-dealkylation sites (N-methyl/N-ethyl adjacent to an activating group) is 1. The molecule has 0 amide bonds. The molecule has 2 nitrogen and oxygen atoms in total. The molecule has 3 heteroatoms. The molecule has 13 heavy (non-hydrogen) atoms. The molecule has 0 aliphatic carbocycles. The molecule has 0 saturated carbocycles. The Kier molecular flexibility index (Phi) is 8.35. The van der Waals surface area contributed by atoms with Crippen molar-refractivity contribution in [1.29, 1.82) is 0 Å². The van der Waals surface area contributed by atoms with Crippen LogP contribution < -0.4 is 5.32 Å². The van der Waals surface area contributed by atoms with E-state index < -0.39 is 0 Å². The van der Waals surface area contributed by atoms with Crippen LogP contribution in [0.4, 0.5) is 4.39 Å². The Balaban J connectivity index is 3.32. The van der Waals surface area contributed by atoms with E-state index >= 15 is 0 Å². The van der Waals surface area contributed by atoms with Gasteiger partial charge in [0.2, 0.25) is 0 Å². The topological polar surface area (TPSA) is 15.3 Å². The molecule has 0 rings (SSSR count). The van der Waals surface area contributed by atoms with Gasteiger partial charge in [0.1, 0.15) is 6.67 Å². The Morgan fingerprint density at radius 1 is 1.38 bits per heavy atom. The van der Waals surface area contributed by atoms with E-state index in [1.165, 1.54) is 12.8 Å². The van der Waals surface area contributed by atoms with Gasteiger partial charge in [-0.1, -0.05) is 13.3 Å². The molecule has 80 valence electrons. The number of nitrogens with zero attached hydrogens (tertiary/aromatic N) is 1. The summed E-state index contributed by atoms with van der Waals surface area (Å²) in [7, 11) is 2.12. The zero-order chi connectivity index (χ0) is 10.1. The number of hydrogen-bond donors (Lipinski definition) is 1. The van der Waals surface area contributed by atoms with E-state index in [1.807, 2.05) is 0 Å². The van der Waals surface area contributed by atoms with Crippen LogP contribution in [0.2, 0.25) is 0 Å². The highest BCUT2D eigenvalue weighted by Gasteiger charge is 2.06. The lowest BCUT2D eigenvalue weighted by Crippen LogP contribution is -2.35. The Hall–Kier alpha value is -0.150. The van der Waals surface area contributed by atoms with Crippen molar-refractivity contribution in [2.24, 2.45) is 0 Å². The number of alkyl halides is 1. The SMILES string of the molecule is CCCC(C)N(C)CCNCCF. The van der Waals surface area contributed by atoms with Gasteiger partial charge in [-0.2, -0.15) is 0 Å². The van der Waals surface area contributed by atoms with Crippen LogP contribution in [-0.4, -0.2) is 44.3 Å². The first-order valence-corrected chi connectivity index (χ1v) is 5.19. The average Bonchev–Trinajstić information content (AvgIpc) is 2.12. The molecule has 0 aromatic rings. The molecule has 0 aliphatic rings. The van der Waals surface area contributed by atoms with E-state index in [-0.39, 0.29) is 6.67 Å². The summed E-state index contributed by atoms with van der Waals surface area (Å²) in [6.07, 6.45) is 2.46. The van der Waals surface area contributed by atoms with E-state index in [0.29, 0.717) is 12.6 Å². The van der Waals surface area contributed by atoms with Gasteiger partial charge in [0.05, 0.1) is 0 Å². The van der Waals surface area contributed by atoms with E-state index in [9.17, 15) is 4.39 Å². The van der Waals surface area contributed by atoms with Crippen molar-refractivity contribution in [2.75, 3.05) is 33.4 Å². The zero-order valence-electron chi connectivity index (χ0n) is 9.15. The molecule has 1 unspecified atom stereocenters. The molecule has 0 heterocycles. The van der Waals surface area contributed by atoms with E-state index in [1.54, 1.807) is 0 Å². The summed E-state index contributed by atoms with van der Waals surface area (Å²) in [5, 5.41) is 3.05. The summed E-state index contributed by atoms with van der Waals surface area (Å²) in [6, 6.07) is 0.636. The van der Waals surface area contributed by atoms with Crippen LogP contribution >= 0.6 is 0 Å². The van der Waals surface area contributed by atoms with Crippen molar-refractivity contribution >= 4 is 0 Å². The number of hydrogen-bond acceptors (Lipinski definition) is 2. The average molecular weight is 190 g/mol. The molecule has 0 spiro atoms. The van der Waals surface area contributed by atoms with Crippen LogP contribution in [0.5, 0.6) is 0 Å². The maximum Gasteiger partial charge on any atom is 0.102 e. The molecule has 0 saturated heterocycles. The van der Waals surface area contributed by atoms with Gasteiger partial charge in [0.25, 0.3) is 0 Å². The Bertz CT molecular complexity index is 109. The highest BCUT2D eigenvalue weighted by molar-refractivity contribution is 4.63. The number of nitrogens with one attached hydrogen (secondary N) is 1. The minimum Gasteiger partial charge on any atom is -0.313 e. The van der Waals surface area contributed by atoms with Crippen LogP contribution in [-0.2, 0) is 0 Å². The van der Waals surface area contributed by atoms with Gasteiger partial charge in [-0.3, -0.25) is 0 Å². The van der Waals surface area contributed by atoms with Crippen molar-refractivity contribution in [3.05, 3.63) is 0 Å². The first-order valence-electron chi connectivity index (χ1n) is 5.19. The summed E-state index contributed by atoms with van der Waals surface area (Å²) < 4.78 is 11.7. The van der Waals surface area contributed by atoms with Crippen molar-refractivity contribution < 1.29 is 4.39 Å². The number of rotatable bonds is 8. The van der Waals surface area contributed by atoms with Crippen LogP contribution in [0.25, 0.3) is 0 Å². The van der Waals surface area contributed by atoms with Crippen LogP contribution in [0, 0.1) is 0 Å². The molecule has 0 bridgehead atoms. The molecule has 1 N–H and O–H groups in total. The summed E-state index contributed by atoms with van der Waals surface area (Å²) in [5.41, 5.74) is 0. The smallest absolute Gasteiger partial charge is 0.102 e. The Morgan fingerprint density at radius 2 is 2.08 bits per heavy atom. The third kappa shape index (κ3) is 6.96. The summed E-state index contributed by atoms with van der Waals surface area (Å²) >= 11 is 0. The first-order chi connectivity index (χ1) is 6.22. The van der Waals surface area contributed by atoms with Crippen molar-refractivity contribution in [1.82, 2.24) is 10.2 Å². The summed E-state index contributed by atoms with van der Waals surface area (Å²) in [4.78, 5) is 2.31. The molecule has 0 aromatic heterocycles. The summed E-state index contributed by atoms with van der Waals surface area (Å²) in [5.74, 6) is 0. The third-order valence-corrected chi connectivity index (χ3v) is 2.37. The minimum atomic E-state index is -0.270. The predicted molar refractivity (Wildman–Crippen MR) is 55.8 cm³/mol. The maximum absolute atomic E-state index is 11.7. The predicted octanol–water partition coefficient (Wildman–Crippen LogP) is 1.67. The molecule has 0 radical (unpaired) electrons. The zero-order valence-corrected chi connectivity index (χ0v) is 9.15. The van der Waals surface area contributed by atoms with Gasteiger partial charge < -0.3 is 10.2 Å². The third-order valence-electron chi connectivity index (χ3n) is 2.37. The minimum absolute atomic E-state index is 0.270. The van der Waals surface area contributed by atoms with Crippen molar-refractivity contribution in [2.45, 2.75) is 32.7 Å². The fourth-order valence-electron chi connectivity index (χ4n) is 1.31. The van der Waals surface area contributed by atoms with Gasteiger partial charge in [0, 0.05) is 25.7 Å². The second-order valence-electron chi connectivity index (χ2n) is 3.56. The van der Waals surface area contributed by atoms with Crippen molar-refractivity contribution in [3.63, 3.8) is 0 Å². The van der Waals surface area contributed by atoms with Gasteiger partial charge in [0.15, 0.2) is 0 Å². The highest BCUT2D eigenvalue weighted by Crippen LogP contribution is 2.02. The normalized spacial score (nSPS) is 13.6. The second kappa shape index (κ2) is 8.45. The Labute approximate surface area is 81.5 Å². The molecule has 0 aromatic carbocycles. The van der Waals surface area contributed by atoms with Gasteiger partial charge >= 0.3 is 0 Å². The lowest BCUT2D eigenvalue weighted by molar-refractivity contribution is 0.244. The molecular formula is C10H23FN2. The molecular weight excluding hydrogens is 167 g/mol. The van der Waals surface area contributed by atoms with Gasteiger partial charge in [-0.15, -0.1) is 0 Å². The maximum atomic E-state index is 11.7. The fraction of sp³-hybridized carbons (Fsp3) is 1.00. The number of halogens is 1. The molecule has 0 aliphatic heterocycles. The van der Waals surface area contributed by atoms with E-state index in [2.05, 4.69) is 31.1 Å². The summed E-state index contributed by atoms with van der Waals surface area (Å²) in [6.45, 7) is 6.53. The lowest BCUT2D eigenvalue weighted by atomic mass is 10.2. The molecule has 0 fully saturated rings. The van der Waals surface area contributed by atoms with Gasteiger partial charge in [-0.25, -0.2) is 4.39 Å². The standard InChI is InChI=1S/C10H23FN2/c1-4-5-10(2)13(3)9-8-12-7-6-11/h10,12H,4-9H2,1-3H3. The second-order valence-corrected chi connectivity index (χ2v) is 3.56.